The number of nitrogens with one attached hydrogen (secondary N) is 1. The van der Waals surface area contributed by atoms with Crippen molar-refractivity contribution in [3.8, 4) is 5.75 Å². The summed E-state index contributed by atoms with van der Waals surface area (Å²) >= 11 is 6.16. The summed E-state index contributed by atoms with van der Waals surface area (Å²) in [4.78, 5) is 17.6. The first-order valence-electron chi connectivity index (χ1n) is 11.8. The molecule has 0 aliphatic carbocycles. The smallest absolute Gasteiger partial charge is 0.241 e. The van der Waals surface area contributed by atoms with Crippen molar-refractivity contribution in [3.63, 3.8) is 0 Å². The molecule has 7 nitrogen and oxygen atoms in total. The molecule has 0 saturated carbocycles. The summed E-state index contributed by atoms with van der Waals surface area (Å²) < 4.78 is 34.2. The van der Waals surface area contributed by atoms with Crippen molar-refractivity contribution in [2.75, 3.05) is 33.3 Å². The number of ether oxygens (including phenoxy) is 1. The number of carbonyl (C=O) groups is 1. The molecule has 3 aromatic rings. The van der Waals surface area contributed by atoms with Crippen LogP contribution in [-0.2, 0) is 27.8 Å². The average Bonchev–Trinajstić information content (AvgIpc) is 2.89. The SMILES string of the molecule is COc1ccc(S(=O)(=O)N[C@H](Cc2ccccc2)C(=O)N2CCN(Cc3ccccc3)CC2)cc1Cl. The van der Waals surface area contributed by atoms with Crippen molar-refractivity contribution in [1.82, 2.24) is 14.5 Å². The van der Waals surface area contributed by atoms with Gasteiger partial charge in [-0.3, -0.25) is 9.69 Å². The van der Waals surface area contributed by atoms with Crippen LogP contribution in [-0.4, -0.2) is 63.5 Å². The van der Waals surface area contributed by atoms with E-state index in [0.717, 1.165) is 25.2 Å². The van der Waals surface area contributed by atoms with E-state index in [1.54, 1.807) is 4.90 Å². The maximum atomic E-state index is 13.6. The van der Waals surface area contributed by atoms with E-state index in [2.05, 4.69) is 21.8 Å². The number of sulfonamides is 1. The van der Waals surface area contributed by atoms with E-state index in [1.165, 1.54) is 30.9 Å². The van der Waals surface area contributed by atoms with Gasteiger partial charge >= 0.3 is 0 Å². The van der Waals surface area contributed by atoms with E-state index in [0.29, 0.717) is 18.8 Å². The van der Waals surface area contributed by atoms with Crippen molar-refractivity contribution in [1.29, 1.82) is 0 Å². The van der Waals surface area contributed by atoms with E-state index >= 15 is 0 Å². The molecule has 1 aliphatic heterocycles. The molecule has 0 aromatic heterocycles. The van der Waals surface area contributed by atoms with Gasteiger partial charge in [-0.2, -0.15) is 4.72 Å². The van der Waals surface area contributed by atoms with Crippen molar-refractivity contribution >= 4 is 27.5 Å². The Hall–Kier alpha value is -2.91. The molecular formula is C27H30ClN3O4S. The first kappa shape index (κ1) is 26.2. The van der Waals surface area contributed by atoms with Crippen LogP contribution in [0.2, 0.25) is 5.02 Å². The van der Waals surface area contributed by atoms with Gasteiger partial charge < -0.3 is 9.64 Å². The van der Waals surface area contributed by atoms with Gasteiger partial charge in [-0.05, 0) is 35.7 Å². The van der Waals surface area contributed by atoms with E-state index in [4.69, 9.17) is 16.3 Å². The molecule has 3 aromatic carbocycles. The summed E-state index contributed by atoms with van der Waals surface area (Å²) in [6.45, 7) is 3.33. The Balaban J connectivity index is 1.48. The molecule has 1 amide bonds. The third kappa shape index (κ3) is 6.64. The molecule has 0 unspecified atom stereocenters. The van der Waals surface area contributed by atoms with Crippen LogP contribution in [0, 0.1) is 0 Å². The van der Waals surface area contributed by atoms with Gasteiger partial charge in [-0.25, -0.2) is 8.42 Å². The fourth-order valence-electron chi connectivity index (χ4n) is 4.29. The molecule has 36 heavy (non-hydrogen) atoms. The molecule has 190 valence electrons. The highest BCUT2D eigenvalue weighted by Gasteiger charge is 2.31. The third-order valence-corrected chi connectivity index (χ3v) is 8.01. The lowest BCUT2D eigenvalue weighted by molar-refractivity contribution is -0.134. The lowest BCUT2D eigenvalue weighted by Gasteiger charge is -2.36. The maximum Gasteiger partial charge on any atom is 0.241 e. The highest BCUT2D eigenvalue weighted by molar-refractivity contribution is 7.89. The standard InChI is InChI=1S/C27H30ClN3O4S/c1-35-26-13-12-23(19-24(26)28)36(33,34)29-25(18-21-8-4-2-5-9-21)27(32)31-16-14-30(15-17-31)20-22-10-6-3-7-11-22/h2-13,19,25,29H,14-18,20H2,1H3/t25-/m1/s1. The Morgan fingerprint density at radius 1 is 0.944 bits per heavy atom. The summed E-state index contributed by atoms with van der Waals surface area (Å²) in [5.41, 5.74) is 2.10. The van der Waals surface area contributed by atoms with Gasteiger partial charge in [-0.15, -0.1) is 0 Å². The van der Waals surface area contributed by atoms with Crippen LogP contribution in [0.5, 0.6) is 5.75 Å². The molecule has 0 spiro atoms. The topological polar surface area (TPSA) is 78.9 Å². The second-order valence-corrected chi connectivity index (χ2v) is 10.9. The Bertz CT molecular complexity index is 1260. The fraction of sp³-hybridized carbons (Fsp3) is 0.296. The lowest BCUT2D eigenvalue weighted by atomic mass is 10.1. The number of hydrogen-bond donors (Lipinski definition) is 1. The first-order chi connectivity index (χ1) is 17.4. The minimum atomic E-state index is -4.01. The maximum absolute atomic E-state index is 13.6. The Kier molecular flexibility index (Phi) is 8.64. The molecule has 1 saturated heterocycles. The molecule has 1 aliphatic rings. The monoisotopic (exact) mass is 527 g/mol. The summed E-state index contributed by atoms with van der Waals surface area (Å²) in [5, 5.41) is 0.181. The predicted octanol–water partition coefficient (Wildman–Crippen LogP) is 3.58. The van der Waals surface area contributed by atoms with Gasteiger partial charge in [0.15, 0.2) is 0 Å². The number of methoxy groups -OCH3 is 1. The minimum Gasteiger partial charge on any atom is -0.495 e. The number of benzene rings is 3. The van der Waals surface area contributed by atoms with E-state index in [-0.39, 0.29) is 22.2 Å². The quantitative estimate of drug-likeness (QED) is 0.460. The molecule has 1 fully saturated rings. The number of rotatable bonds is 9. The Morgan fingerprint density at radius 2 is 1.56 bits per heavy atom. The second-order valence-electron chi connectivity index (χ2n) is 8.75. The van der Waals surface area contributed by atoms with Crippen LogP contribution in [0.25, 0.3) is 0 Å². The average molecular weight is 528 g/mol. The number of carbonyl (C=O) groups excluding carboxylic acids is 1. The van der Waals surface area contributed by atoms with Crippen LogP contribution in [0.15, 0.2) is 83.8 Å². The van der Waals surface area contributed by atoms with E-state index in [1.807, 2.05) is 48.5 Å². The highest BCUT2D eigenvalue weighted by atomic mass is 35.5. The predicted molar refractivity (Wildman–Crippen MR) is 141 cm³/mol. The normalized spacial score (nSPS) is 15.4. The molecule has 1 N–H and O–H groups in total. The van der Waals surface area contributed by atoms with Gasteiger partial charge in [0.05, 0.1) is 17.0 Å². The first-order valence-corrected chi connectivity index (χ1v) is 13.7. The summed E-state index contributed by atoms with van der Waals surface area (Å²) in [7, 11) is -2.55. The number of nitrogens with zero attached hydrogens (tertiary/aromatic N) is 2. The zero-order valence-electron chi connectivity index (χ0n) is 20.1. The van der Waals surface area contributed by atoms with Crippen LogP contribution >= 0.6 is 11.6 Å². The van der Waals surface area contributed by atoms with Crippen molar-refractivity contribution < 1.29 is 17.9 Å². The van der Waals surface area contributed by atoms with E-state index < -0.39 is 16.1 Å². The van der Waals surface area contributed by atoms with Crippen LogP contribution in [0.3, 0.4) is 0 Å². The molecule has 1 heterocycles. The van der Waals surface area contributed by atoms with Gasteiger partial charge in [0.25, 0.3) is 0 Å². The molecule has 9 heteroatoms. The number of hydrogen-bond acceptors (Lipinski definition) is 5. The van der Waals surface area contributed by atoms with Gasteiger partial charge in [-0.1, -0.05) is 72.3 Å². The van der Waals surface area contributed by atoms with E-state index in [9.17, 15) is 13.2 Å². The summed E-state index contributed by atoms with van der Waals surface area (Å²) in [5.74, 6) is 0.141. The van der Waals surface area contributed by atoms with Gasteiger partial charge in [0, 0.05) is 32.7 Å². The molecule has 0 bridgehead atoms. The van der Waals surface area contributed by atoms with Crippen LogP contribution < -0.4 is 9.46 Å². The van der Waals surface area contributed by atoms with Crippen molar-refractivity contribution in [3.05, 3.63) is 95.0 Å². The van der Waals surface area contributed by atoms with Crippen LogP contribution in [0.4, 0.5) is 0 Å². The molecular weight excluding hydrogens is 498 g/mol. The fourth-order valence-corrected chi connectivity index (χ4v) is 5.82. The lowest BCUT2D eigenvalue weighted by Crippen LogP contribution is -2.55. The van der Waals surface area contributed by atoms with Crippen LogP contribution in [0.1, 0.15) is 11.1 Å². The Morgan fingerprint density at radius 3 is 2.14 bits per heavy atom. The summed E-state index contributed by atoms with van der Waals surface area (Å²) in [6, 6.07) is 22.9. The third-order valence-electron chi connectivity index (χ3n) is 6.24. The second kappa shape index (κ2) is 11.9. The number of piperazine rings is 1. The molecule has 1 atom stereocenters. The zero-order valence-corrected chi connectivity index (χ0v) is 21.7. The summed E-state index contributed by atoms with van der Waals surface area (Å²) in [6.07, 6.45) is 0.243. The zero-order chi connectivity index (χ0) is 25.5. The largest absolute Gasteiger partial charge is 0.495 e. The minimum absolute atomic E-state index is 0.0214. The van der Waals surface area contributed by atoms with Gasteiger partial charge in [0.1, 0.15) is 11.8 Å². The van der Waals surface area contributed by atoms with Crippen molar-refractivity contribution in [2.45, 2.75) is 23.9 Å². The molecule has 0 radical (unpaired) electrons. The Labute approximate surface area is 217 Å². The molecule has 4 rings (SSSR count). The van der Waals surface area contributed by atoms with Gasteiger partial charge in [0.2, 0.25) is 15.9 Å². The highest BCUT2D eigenvalue weighted by Crippen LogP contribution is 2.27. The van der Waals surface area contributed by atoms with Crippen molar-refractivity contribution in [2.24, 2.45) is 0 Å². The number of halogens is 1. The number of amides is 1.